The van der Waals surface area contributed by atoms with E-state index >= 15 is 0 Å². The number of hydrogen-bond acceptors (Lipinski definition) is 2. The zero-order chi connectivity index (χ0) is 11.2. The zero-order valence-electron chi connectivity index (χ0n) is 6.55. The second kappa shape index (κ2) is 5.82. The molecule has 0 saturated heterocycles. The van der Waals surface area contributed by atoms with Crippen LogP contribution in [0.2, 0.25) is 5.02 Å². The van der Waals surface area contributed by atoms with Gasteiger partial charge in [0.1, 0.15) is 0 Å². The Morgan fingerprint density at radius 1 is 1.36 bits per heavy atom. The first-order valence-electron chi connectivity index (χ1n) is 3.13. The fraction of sp³-hybridized carbons (Fsp3) is 0.143. The molecule has 1 aromatic rings. The lowest BCUT2D eigenvalue weighted by Gasteiger charge is -2.04. The third-order valence-corrected chi connectivity index (χ3v) is 1.24. The van der Waals surface area contributed by atoms with Gasteiger partial charge in [-0.15, -0.1) is 0 Å². The van der Waals surface area contributed by atoms with Crippen molar-refractivity contribution in [2.75, 3.05) is 0 Å². The average Bonchev–Trinajstić information content (AvgIpc) is 2.04. The first kappa shape index (κ1) is 13.2. The van der Waals surface area contributed by atoms with Gasteiger partial charge in [-0.1, -0.05) is 11.6 Å². The molecule has 0 aliphatic carbocycles. The van der Waals surface area contributed by atoms with Crippen molar-refractivity contribution in [3.05, 3.63) is 29.0 Å². The molecule has 1 aromatic heterocycles. The molecule has 7 heteroatoms. The van der Waals surface area contributed by atoms with Crippen LogP contribution in [0.4, 0.5) is 13.2 Å². The van der Waals surface area contributed by atoms with Crippen LogP contribution in [-0.4, -0.2) is 10.7 Å². The minimum Gasteiger partial charge on any atom is -0.285 e. The second-order valence-corrected chi connectivity index (χ2v) is 2.59. The molecule has 0 saturated carbocycles. The van der Waals surface area contributed by atoms with Crippen LogP contribution in [0.5, 0.6) is 0 Å². The summed E-state index contributed by atoms with van der Waals surface area (Å²) < 4.78 is 35.6. The van der Waals surface area contributed by atoms with Gasteiger partial charge in [0.05, 0.1) is 10.6 Å². The molecule has 0 unspecified atom stereocenters. The maximum atomic E-state index is 11.9. The van der Waals surface area contributed by atoms with E-state index in [1.807, 2.05) is 0 Å². The molecule has 0 aromatic carbocycles. The molecule has 0 aliphatic heterocycles. The molecule has 0 bridgehead atoms. The summed E-state index contributed by atoms with van der Waals surface area (Å²) in [6.45, 7) is 0. The maximum absolute atomic E-state index is 11.9. The van der Waals surface area contributed by atoms with Gasteiger partial charge < -0.3 is 0 Å². The highest BCUT2D eigenvalue weighted by Gasteiger charge is 2.30. The lowest BCUT2D eigenvalue weighted by Crippen LogP contribution is -2.04. The highest BCUT2D eigenvalue weighted by Crippen LogP contribution is 2.29. The third kappa shape index (κ3) is 5.04. The molecule has 0 atom stereocenters. The highest BCUT2D eigenvalue weighted by molar-refractivity contribution is 6.54. The Morgan fingerprint density at radius 2 is 1.86 bits per heavy atom. The molecule has 2 nitrogen and oxygen atoms in total. The number of carbonyl (C=O) groups excluding carboxylic acids is 1. The van der Waals surface area contributed by atoms with Crippen LogP contribution in [0.1, 0.15) is 5.56 Å². The van der Waals surface area contributed by atoms with E-state index in [0.717, 1.165) is 18.5 Å². The van der Waals surface area contributed by atoms with Gasteiger partial charge in [0.15, 0.2) is 0 Å². The molecule has 0 N–H and O–H groups in total. The van der Waals surface area contributed by atoms with Gasteiger partial charge in [0.2, 0.25) is 5.75 Å². The molecule has 0 amide bonds. The van der Waals surface area contributed by atoms with E-state index < -0.39 is 11.7 Å². The third-order valence-electron chi connectivity index (χ3n) is 1.03. The Bertz CT molecular complexity index is 303. The fourth-order valence-electron chi connectivity index (χ4n) is 0.567. The Morgan fingerprint density at radius 3 is 2.14 bits per heavy atom. The Kier molecular flexibility index (Phi) is 5.49. The van der Waals surface area contributed by atoms with Gasteiger partial charge in [-0.2, -0.15) is 13.2 Å². The van der Waals surface area contributed by atoms with E-state index in [-0.39, 0.29) is 10.8 Å². The number of aromatic nitrogens is 1. The molecular formula is C7H4Cl2F3NO. The summed E-state index contributed by atoms with van der Waals surface area (Å²) >= 11 is 9.61. The molecule has 0 aliphatic rings. The molecule has 0 spiro atoms. The molecule has 78 valence electrons. The van der Waals surface area contributed by atoms with Crippen molar-refractivity contribution < 1.29 is 18.0 Å². The number of alkyl halides is 3. The van der Waals surface area contributed by atoms with Crippen molar-refractivity contribution in [1.29, 1.82) is 0 Å². The first-order valence-corrected chi connectivity index (χ1v) is 3.95. The van der Waals surface area contributed by atoms with E-state index in [1.165, 1.54) is 0 Å². The minimum absolute atomic E-state index is 0.0141. The Balaban J connectivity index is 0.000000500. The normalized spacial score (nSPS) is 10.1. The van der Waals surface area contributed by atoms with Crippen molar-refractivity contribution in [3.8, 4) is 0 Å². The molecule has 0 fully saturated rings. The summed E-state index contributed by atoms with van der Waals surface area (Å²) in [4.78, 5) is 11.9. The van der Waals surface area contributed by atoms with E-state index in [0.29, 0.717) is 0 Å². The van der Waals surface area contributed by atoms with Gasteiger partial charge in [0, 0.05) is 12.4 Å². The van der Waals surface area contributed by atoms with E-state index in [9.17, 15) is 13.2 Å². The summed E-state index contributed by atoms with van der Waals surface area (Å²) in [5.74, 6) is 0.222. The quantitative estimate of drug-likeness (QED) is 0.519. The number of nitrogens with zero attached hydrogens (tertiary/aromatic N) is 1. The van der Waals surface area contributed by atoms with Crippen LogP contribution in [0, 0.1) is 0 Å². The SMILES string of the molecule is FC(F)(F)c1cncc(Cl)c1.O=CCl. The number of rotatable bonds is 0. The maximum Gasteiger partial charge on any atom is 0.417 e. The van der Waals surface area contributed by atoms with Crippen molar-refractivity contribution in [2.45, 2.75) is 6.18 Å². The van der Waals surface area contributed by atoms with Crippen molar-refractivity contribution in [3.63, 3.8) is 0 Å². The largest absolute Gasteiger partial charge is 0.417 e. The summed E-state index contributed by atoms with van der Waals surface area (Å²) in [5.41, 5.74) is -0.829. The van der Waals surface area contributed by atoms with E-state index in [1.54, 1.807) is 0 Å². The standard InChI is InChI=1S/C6H3ClF3N.CHClO/c7-5-1-4(2-11-3-5)6(8,9)10;2-1-3/h1-3H;1H. The number of carbonyl (C=O) groups is 1. The lowest BCUT2D eigenvalue weighted by molar-refractivity contribution is -0.137. The number of pyridine rings is 1. The smallest absolute Gasteiger partial charge is 0.285 e. The topological polar surface area (TPSA) is 30.0 Å². The average molecular weight is 246 g/mol. The van der Waals surface area contributed by atoms with Gasteiger partial charge in [-0.25, -0.2) is 0 Å². The summed E-state index contributed by atoms with van der Waals surface area (Å²) in [5, 5.41) is -0.0141. The van der Waals surface area contributed by atoms with Crippen LogP contribution >= 0.6 is 23.2 Å². The first-order chi connectivity index (χ1) is 6.41. The monoisotopic (exact) mass is 245 g/mol. The van der Waals surface area contributed by atoms with Crippen LogP contribution in [0.25, 0.3) is 0 Å². The van der Waals surface area contributed by atoms with Gasteiger partial charge in [-0.3, -0.25) is 9.78 Å². The van der Waals surface area contributed by atoms with Crippen LogP contribution in [0.15, 0.2) is 18.5 Å². The van der Waals surface area contributed by atoms with Crippen molar-refractivity contribution >= 4 is 28.9 Å². The fourth-order valence-corrected chi connectivity index (χ4v) is 0.741. The molecule has 14 heavy (non-hydrogen) atoms. The van der Waals surface area contributed by atoms with Gasteiger partial charge in [0.25, 0.3) is 0 Å². The summed E-state index contributed by atoms with van der Waals surface area (Å²) in [6.07, 6.45) is -2.49. The number of halogens is 5. The van der Waals surface area contributed by atoms with Gasteiger partial charge >= 0.3 is 6.18 Å². The van der Waals surface area contributed by atoms with Crippen molar-refractivity contribution in [2.24, 2.45) is 0 Å². The van der Waals surface area contributed by atoms with Crippen molar-refractivity contribution in [1.82, 2.24) is 4.98 Å². The summed E-state index contributed by atoms with van der Waals surface area (Å²) in [7, 11) is 0. The van der Waals surface area contributed by atoms with E-state index in [2.05, 4.69) is 16.6 Å². The molecular weight excluding hydrogens is 242 g/mol. The predicted molar refractivity (Wildman–Crippen MR) is 46.9 cm³/mol. The van der Waals surface area contributed by atoms with Crippen LogP contribution < -0.4 is 0 Å². The molecule has 1 heterocycles. The molecule has 0 radical (unpaired) electrons. The highest BCUT2D eigenvalue weighted by atomic mass is 35.5. The minimum atomic E-state index is -4.36. The molecule has 1 rings (SSSR count). The van der Waals surface area contributed by atoms with Crippen LogP contribution in [0.3, 0.4) is 0 Å². The Labute approximate surface area is 87.7 Å². The summed E-state index contributed by atoms with van der Waals surface area (Å²) in [6, 6.07) is 0.828. The van der Waals surface area contributed by atoms with Crippen LogP contribution in [-0.2, 0) is 11.0 Å². The van der Waals surface area contributed by atoms with E-state index in [4.69, 9.17) is 16.4 Å². The number of hydrogen-bond donors (Lipinski definition) is 0. The predicted octanol–water partition coefficient (Wildman–Crippen LogP) is 3.17. The Hall–Kier alpha value is -0.810. The second-order valence-electron chi connectivity index (χ2n) is 1.98. The zero-order valence-corrected chi connectivity index (χ0v) is 8.07. The lowest BCUT2D eigenvalue weighted by atomic mass is 10.3. The van der Waals surface area contributed by atoms with Gasteiger partial charge in [-0.05, 0) is 17.7 Å².